The van der Waals surface area contributed by atoms with Crippen molar-refractivity contribution in [3.63, 3.8) is 0 Å². The SMILES string of the molecule is CCNC(=NCCc1ccc(NC(C)=O)cc1)NCCc1cccc(F)c1.I. The number of aliphatic imine (C=N–C) groups is 1. The summed E-state index contributed by atoms with van der Waals surface area (Å²) in [6.45, 7) is 5.61. The summed E-state index contributed by atoms with van der Waals surface area (Å²) < 4.78 is 13.2. The number of rotatable bonds is 8. The fourth-order valence-corrected chi connectivity index (χ4v) is 2.61. The van der Waals surface area contributed by atoms with Crippen LogP contribution in [0.5, 0.6) is 0 Å². The first-order valence-electron chi connectivity index (χ1n) is 9.20. The van der Waals surface area contributed by atoms with E-state index in [0.29, 0.717) is 13.1 Å². The first-order chi connectivity index (χ1) is 13.1. The van der Waals surface area contributed by atoms with Crippen LogP contribution >= 0.6 is 24.0 Å². The number of halogens is 2. The fraction of sp³-hybridized carbons (Fsp3) is 0.333. The monoisotopic (exact) mass is 498 g/mol. The lowest BCUT2D eigenvalue weighted by Crippen LogP contribution is -2.38. The van der Waals surface area contributed by atoms with E-state index in [1.165, 1.54) is 13.0 Å². The van der Waals surface area contributed by atoms with Gasteiger partial charge in [-0.2, -0.15) is 0 Å². The van der Waals surface area contributed by atoms with Crippen molar-refractivity contribution in [1.82, 2.24) is 10.6 Å². The molecule has 0 aliphatic carbocycles. The zero-order chi connectivity index (χ0) is 19.5. The third-order valence-corrected chi connectivity index (χ3v) is 3.88. The smallest absolute Gasteiger partial charge is 0.221 e. The summed E-state index contributed by atoms with van der Waals surface area (Å²) in [6.07, 6.45) is 1.54. The van der Waals surface area contributed by atoms with Gasteiger partial charge in [-0.25, -0.2) is 4.39 Å². The third kappa shape index (κ3) is 9.16. The number of nitrogens with one attached hydrogen (secondary N) is 3. The van der Waals surface area contributed by atoms with Gasteiger partial charge in [0.05, 0.1) is 0 Å². The zero-order valence-electron chi connectivity index (χ0n) is 16.3. The van der Waals surface area contributed by atoms with Crippen LogP contribution in [0.3, 0.4) is 0 Å². The number of anilines is 1. The Morgan fingerprint density at radius 2 is 1.79 bits per heavy atom. The van der Waals surface area contributed by atoms with Crippen molar-refractivity contribution < 1.29 is 9.18 Å². The summed E-state index contributed by atoms with van der Waals surface area (Å²) >= 11 is 0. The van der Waals surface area contributed by atoms with E-state index < -0.39 is 0 Å². The van der Waals surface area contributed by atoms with E-state index in [1.54, 1.807) is 12.1 Å². The molecule has 0 atom stereocenters. The number of benzene rings is 2. The average Bonchev–Trinajstić information content (AvgIpc) is 2.63. The van der Waals surface area contributed by atoms with Gasteiger partial charge in [0.1, 0.15) is 5.82 Å². The lowest BCUT2D eigenvalue weighted by molar-refractivity contribution is -0.114. The highest BCUT2D eigenvalue weighted by Gasteiger charge is 2.00. The number of hydrogen-bond acceptors (Lipinski definition) is 2. The number of amides is 1. The first-order valence-corrected chi connectivity index (χ1v) is 9.20. The molecule has 2 aromatic carbocycles. The van der Waals surface area contributed by atoms with Gasteiger partial charge >= 0.3 is 0 Å². The van der Waals surface area contributed by atoms with Crippen LogP contribution in [-0.2, 0) is 17.6 Å². The Morgan fingerprint density at radius 1 is 1.04 bits per heavy atom. The van der Waals surface area contributed by atoms with Crippen molar-refractivity contribution in [2.24, 2.45) is 4.99 Å². The second-order valence-electron chi connectivity index (χ2n) is 6.20. The third-order valence-electron chi connectivity index (χ3n) is 3.88. The summed E-state index contributed by atoms with van der Waals surface area (Å²) in [5.74, 6) is 0.466. The maximum atomic E-state index is 13.2. The van der Waals surface area contributed by atoms with Gasteiger partial charge in [0.2, 0.25) is 5.91 Å². The van der Waals surface area contributed by atoms with E-state index in [0.717, 1.165) is 42.2 Å². The molecule has 0 aliphatic rings. The molecule has 7 heteroatoms. The minimum absolute atomic E-state index is 0. The molecule has 3 N–H and O–H groups in total. The minimum Gasteiger partial charge on any atom is -0.357 e. The topological polar surface area (TPSA) is 65.5 Å². The van der Waals surface area contributed by atoms with Crippen LogP contribution in [0.25, 0.3) is 0 Å². The van der Waals surface area contributed by atoms with Crippen LogP contribution in [0.4, 0.5) is 10.1 Å². The van der Waals surface area contributed by atoms with E-state index in [1.807, 2.05) is 37.3 Å². The predicted octanol–water partition coefficient (Wildman–Crippen LogP) is 3.74. The quantitative estimate of drug-likeness (QED) is 0.295. The van der Waals surface area contributed by atoms with Gasteiger partial charge < -0.3 is 16.0 Å². The Labute approximate surface area is 183 Å². The van der Waals surface area contributed by atoms with Gasteiger partial charge in [-0.05, 0) is 55.2 Å². The van der Waals surface area contributed by atoms with Crippen LogP contribution in [0, 0.1) is 5.82 Å². The van der Waals surface area contributed by atoms with Crippen molar-refractivity contribution in [2.75, 3.05) is 25.0 Å². The summed E-state index contributed by atoms with van der Waals surface area (Å²) in [7, 11) is 0. The Morgan fingerprint density at radius 3 is 2.43 bits per heavy atom. The van der Waals surface area contributed by atoms with Gasteiger partial charge in [0.25, 0.3) is 0 Å². The largest absolute Gasteiger partial charge is 0.357 e. The van der Waals surface area contributed by atoms with E-state index in [4.69, 9.17) is 0 Å². The molecule has 2 rings (SSSR count). The second-order valence-corrected chi connectivity index (χ2v) is 6.20. The number of carbonyl (C=O) groups excluding carboxylic acids is 1. The highest BCUT2D eigenvalue weighted by Crippen LogP contribution is 2.10. The summed E-state index contributed by atoms with van der Waals surface area (Å²) in [4.78, 5) is 15.6. The average molecular weight is 498 g/mol. The van der Waals surface area contributed by atoms with Gasteiger partial charge in [-0.15, -0.1) is 24.0 Å². The van der Waals surface area contributed by atoms with E-state index in [2.05, 4.69) is 20.9 Å². The number of nitrogens with zero attached hydrogens (tertiary/aromatic N) is 1. The molecular weight excluding hydrogens is 470 g/mol. The lowest BCUT2D eigenvalue weighted by atomic mass is 10.1. The minimum atomic E-state index is -0.211. The molecule has 0 heterocycles. The van der Waals surface area contributed by atoms with Gasteiger partial charge in [0, 0.05) is 32.2 Å². The first kappa shape index (κ1) is 23.9. The fourth-order valence-electron chi connectivity index (χ4n) is 2.61. The lowest BCUT2D eigenvalue weighted by Gasteiger charge is -2.11. The molecule has 0 aromatic heterocycles. The molecule has 0 saturated heterocycles. The van der Waals surface area contributed by atoms with Crippen LogP contribution < -0.4 is 16.0 Å². The molecule has 0 unspecified atom stereocenters. The normalized spacial score (nSPS) is 10.8. The number of hydrogen-bond donors (Lipinski definition) is 3. The van der Waals surface area contributed by atoms with Crippen molar-refractivity contribution >= 4 is 41.5 Å². The maximum absolute atomic E-state index is 13.2. The Bertz CT molecular complexity index is 765. The number of carbonyl (C=O) groups is 1. The van der Waals surface area contributed by atoms with Crippen LogP contribution in [0.2, 0.25) is 0 Å². The predicted molar refractivity (Wildman–Crippen MR) is 124 cm³/mol. The molecule has 0 aliphatic heterocycles. The Hall–Kier alpha value is -2.16. The standard InChI is InChI=1S/C21H27FN4O.HI/c1-3-23-21(25-14-12-18-5-4-6-19(22)15-18)24-13-11-17-7-9-20(10-8-17)26-16(2)27;/h4-10,15H,3,11-14H2,1-2H3,(H,26,27)(H2,23,24,25);1H. The molecule has 0 bridgehead atoms. The summed E-state index contributed by atoms with van der Waals surface area (Å²) in [5, 5.41) is 9.24. The summed E-state index contributed by atoms with van der Waals surface area (Å²) in [6, 6.07) is 14.4. The molecule has 152 valence electrons. The molecule has 1 amide bonds. The number of guanidine groups is 1. The van der Waals surface area contributed by atoms with Crippen molar-refractivity contribution in [1.29, 1.82) is 0 Å². The second kappa shape index (κ2) is 13.1. The molecule has 5 nitrogen and oxygen atoms in total. The summed E-state index contributed by atoms with van der Waals surface area (Å²) in [5.41, 5.74) is 2.91. The van der Waals surface area contributed by atoms with Crippen molar-refractivity contribution in [3.05, 3.63) is 65.5 Å². The zero-order valence-corrected chi connectivity index (χ0v) is 18.6. The van der Waals surface area contributed by atoms with Gasteiger partial charge in [-0.1, -0.05) is 24.3 Å². The molecule has 0 spiro atoms. The van der Waals surface area contributed by atoms with Gasteiger partial charge in [-0.3, -0.25) is 9.79 Å². The molecule has 28 heavy (non-hydrogen) atoms. The van der Waals surface area contributed by atoms with Gasteiger partial charge in [0.15, 0.2) is 5.96 Å². The molecule has 2 aromatic rings. The van der Waals surface area contributed by atoms with E-state index in [-0.39, 0.29) is 35.7 Å². The van der Waals surface area contributed by atoms with Crippen molar-refractivity contribution in [3.8, 4) is 0 Å². The Kier molecular flexibility index (Phi) is 11.2. The highest BCUT2D eigenvalue weighted by molar-refractivity contribution is 14.0. The molecular formula is C21H28FIN4O. The van der Waals surface area contributed by atoms with Crippen LogP contribution in [-0.4, -0.2) is 31.5 Å². The maximum Gasteiger partial charge on any atom is 0.221 e. The van der Waals surface area contributed by atoms with E-state index >= 15 is 0 Å². The van der Waals surface area contributed by atoms with Crippen LogP contribution in [0.15, 0.2) is 53.5 Å². The van der Waals surface area contributed by atoms with E-state index in [9.17, 15) is 9.18 Å². The van der Waals surface area contributed by atoms with Crippen molar-refractivity contribution in [2.45, 2.75) is 26.7 Å². The van der Waals surface area contributed by atoms with Crippen LogP contribution in [0.1, 0.15) is 25.0 Å². The molecule has 0 radical (unpaired) electrons. The molecule has 0 saturated carbocycles. The highest BCUT2D eigenvalue weighted by atomic mass is 127. The Balaban J connectivity index is 0.00000392. The molecule has 0 fully saturated rings.